The number of piperidine rings is 1. The van der Waals surface area contributed by atoms with Crippen LogP contribution in [0.5, 0.6) is 5.88 Å². The molecule has 9 nitrogen and oxygen atoms in total. The van der Waals surface area contributed by atoms with Gasteiger partial charge in [0.25, 0.3) is 0 Å². The van der Waals surface area contributed by atoms with E-state index in [1.165, 1.54) is 6.92 Å². The normalized spacial score (nSPS) is 15.0. The van der Waals surface area contributed by atoms with E-state index in [9.17, 15) is 9.59 Å². The Hall–Kier alpha value is -2.97. The largest absolute Gasteiger partial charge is 0.473 e. The first-order valence-corrected chi connectivity index (χ1v) is 8.14. The van der Waals surface area contributed by atoms with Gasteiger partial charge in [-0.25, -0.2) is 4.68 Å². The summed E-state index contributed by atoms with van der Waals surface area (Å²) in [6.45, 7) is 2.64. The van der Waals surface area contributed by atoms with E-state index >= 15 is 0 Å². The molecule has 25 heavy (non-hydrogen) atoms. The Balaban J connectivity index is 1.47. The molecule has 1 N–H and O–H groups in total. The fourth-order valence-corrected chi connectivity index (χ4v) is 2.61. The van der Waals surface area contributed by atoms with Crippen molar-refractivity contribution in [2.24, 2.45) is 0 Å². The topological polar surface area (TPSA) is 102 Å². The molecule has 2 aromatic rings. The van der Waals surface area contributed by atoms with Crippen LogP contribution >= 0.6 is 0 Å². The molecule has 132 valence electrons. The average Bonchev–Trinajstić information content (AvgIpc) is 3.15. The van der Waals surface area contributed by atoms with Crippen molar-refractivity contribution >= 4 is 11.8 Å². The second-order valence-electron chi connectivity index (χ2n) is 5.79. The lowest BCUT2D eigenvalue weighted by molar-refractivity contribution is -0.134. The van der Waals surface area contributed by atoms with E-state index in [1.54, 1.807) is 34.1 Å². The van der Waals surface area contributed by atoms with E-state index in [-0.39, 0.29) is 24.5 Å². The number of rotatable bonds is 5. The van der Waals surface area contributed by atoms with E-state index in [2.05, 4.69) is 20.6 Å². The molecule has 0 spiro atoms. The number of carbonyl (C=O) groups is 2. The summed E-state index contributed by atoms with van der Waals surface area (Å²) < 4.78 is 7.46. The molecule has 2 aromatic heterocycles. The molecule has 1 aliphatic heterocycles. The van der Waals surface area contributed by atoms with Crippen LogP contribution in [0, 0.1) is 0 Å². The van der Waals surface area contributed by atoms with Gasteiger partial charge in [0, 0.05) is 51.3 Å². The van der Waals surface area contributed by atoms with Gasteiger partial charge in [-0.3, -0.25) is 9.59 Å². The van der Waals surface area contributed by atoms with E-state index in [4.69, 9.17) is 4.74 Å². The monoisotopic (exact) mass is 344 g/mol. The van der Waals surface area contributed by atoms with E-state index in [1.807, 2.05) is 6.07 Å². The number of aromatic nitrogens is 4. The van der Waals surface area contributed by atoms with E-state index in [0.29, 0.717) is 37.6 Å². The third-order valence-electron chi connectivity index (χ3n) is 3.94. The lowest BCUT2D eigenvalue weighted by Gasteiger charge is -2.31. The Bertz CT molecular complexity index is 708. The van der Waals surface area contributed by atoms with Gasteiger partial charge in [-0.2, -0.15) is 5.10 Å². The summed E-state index contributed by atoms with van der Waals surface area (Å²) in [4.78, 5) is 24.6. The van der Waals surface area contributed by atoms with Crippen molar-refractivity contribution in [3.63, 3.8) is 0 Å². The molecule has 9 heteroatoms. The Morgan fingerprint density at radius 2 is 2.08 bits per heavy atom. The molecule has 0 aliphatic carbocycles. The van der Waals surface area contributed by atoms with Gasteiger partial charge in [0.2, 0.25) is 17.7 Å². The second-order valence-corrected chi connectivity index (χ2v) is 5.79. The summed E-state index contributed by atoms with van der Waals surface area (Å²) in [6.07, 6.45) is 4.89. The zero-order chi connectivity index (χ0) is 17.6. The molecule has 3 heterocycles. The van der Waals surface area contributed by atoms with Crippen molar-refractivity contribution in [3.8, 4) is 11.7 Å². The number of nitrogens with one attached hydrogen (secondary N) is 1. The first-order valence-electron chi connectivity index (χ1n) is 8.14. The molecule has 0 saturated carbocycles. The molecule has 0 radical (unpaired) electrons. The fourth-order valence-electron chi connectivity index (χ4n) is 2.61. The van der Waals surface area contributed by atoms with Crippen LogP contribution in [-0.2, 0) is 9.59 Å². The molecular formula is C16H20N6O3. The molecule has 1 fully saturated rings. The third-order valence-corrected chi connectivity index (χ3v) is 3.94. The maximum atomic E-state index is 12.0. The first-order chi connectivity index (χ1) is 12.1. The molecule has 3 rings (SSSR count). The number of nitrogens with zero attached hydrogens (tertiary/aromatic N) is 5. The van der Waals surface area contributed by atoms with Crippen LogP contribution in [0.25, 0.3) is 5.82 Å². The number of hydrogen-bond donors (Lipinski definition) is 1. The minimum absolute atomic E-state index is 0.00494. The average molecular weight is 344 g/mol. The highest BCUT2D eigenvalue weighted by atomic mass is 16.5. The van der Waals surface area contributed by atoms with Gasteiger partial charge in [-0.15, -0.1) is 10.2 Å². The van der Waals surface area contributed by atoms with E-state index in [0.717, 1.165) is 0 Å². The molecule has 0 atom stereocenters. The number of amides is 2. The summed E-state index contributed by atoms with van der Waals surface area (Å²) in [6, 6.07) is 5.37. The standard InChI is InChI=1S/C16H20N6O3/c1-12(23)17-11-16(24)21-9-5-13(6-10-21)25-15-4-3-14(19-20-15)22-8-2-7-18-22/h2-4,7-8,13H,5-6,9-11H2,1H3,(H,17,23). The van der Waals surface area contributed by atoms with Crippen LogP contribution in [-0.4, -0.2) is 62.4 Å². The van der Waals surface area contributed by atoms with Gasteiger partial charge in [-0.1, -0.05) is 0 Å². The lowest BCUT2D eigenvalue weighted by Crippen LogP contribution is -2.45. The maximum Gasteiger partial charge on any atom is 0.241 e. The minimum Gasteiger partial charge on any atom is -0.473 e. The minimum atomic E-state index is -0.205. The van der Waals surface area contributed by atoms with Gasteiger partial charge in [0.15, 0.2) is 5.82 Å². The van der Waals surface area contributed by atoms with Gasteiger partial charge in [-0.05, 0) is 12.1 Å². The third kappa shape index (κ3) is 4.52. The van der Waals surface area contributed by atoms with E-state index < -0.39 is 0 Å². The lowest BCUT2D eigenvalue weighted by atomic mass is 10.1. The molecule has 1 aliphatic rings. The maximum absolute atomic E-state index is 12.0. The number of ether oxygens (including phenoxy) is 1. The molecule has 0 aromatic carbocycles. The predicted molar refractivity (Wildman–Crippen MR) is 88.1 cm³/mol. The summed E-state index contributed by atoms with van der Waals surface area (Å²) in [5, 5.41) is 14.8. The zero-order valence-electron chi connectivity index (χ0n) is 14.0. The van der Waals surface area contributed by atoms with Gasteiger partial charge in [0.05, 0.1) is 6.54 Å². The van der Waals surface area contributed by atoms with Crippen LogP contribution in [0.1, 0.15) is 19.8 Å². The van der Waals surface area contributed by atoms with Crippen molar-refractivity contribution < 1.29 is 14.3 Å². The quantitative estimate of drug-likeness (QED) is 0.829. The van der Waals surface area contributed by atoms with Crippen LogP contribution in [0.4, 0.5) is 0 Å². The highest BCUT2D eigenvalue weighted by Gasteiger charge is 2.24. The SMILES string of the molecule is CC(=O)NCC(=O)N1CCC(Oc2ccc(-n3cccn3)nn2)CC1. The Kier molecular flexibility index (Phi) is 5.22. The Morgan fingerprint density at radius 3 is 2.68 bits per heavy atom. The summed E-state index contributed by atoms with van der Waals surface area (Å²) in [5.74, 6) is 0.801. The summed E-state index contributed by atoms with van der Waals surface area (Å²) >= 11 is 0. The Labute approximate surface area is 145 Å². The van der Waals surface area contributed by atoms with Crippen LogP contribution in [0.2, 0.25) is 0 Å². The first kappa shape index (κ1) is 16.9. The highest BCUT2D eigenvalue weighted by molar-refractivity contribution is 5.83. The van der Waals surface area contributed by atoms with Crippen LogP contribution in [0.15, 0.2) is 30.6 Å². The van der Waals surface area contributed by atoms with Gasteiger partial charge in [0.1, 0.15) is 6.10 Å². The molecular weight excluding hydrogens is 324 g/mol. The predicted octanol–water partition coefficient (Wildman–Crippen LogP) is 0.168. The Morgan fingerprint density at radius 1 is 1.28 bits per heavy atom. The number of likely N-dealkylation sites (tertiary alicyclic amines) is 1. The van der Waals surface area contributed by atoms with Crippen molar-refractivity contribution in [2.45, 2.75) is 25.9 Å². The highest BCUT2D eigenvalue weighted by Crippen LogP contribution is 2.17. The zero-order valence-corrected chi connectivity index (χ0v) is 14.0. The smallest absolute Gasteiger partial charge is 0.241 e. The van der Waals surface area contributed by atoms with Gasteiger partial charge >= 0.3 is 0 Å². The second kappa shape index (κ2) is 7.73. The van der Waals surface area contributed by atoms with Gasteiger partial charge < -0.3 is 15.0 Å². The summed E-state index contributed by atoms with van der Waals surface area (Å²) in [7, 11) is 0. The van der Waals surface area contributed by atoms with Crippen molar-refractivity contribution in [3.05, 3.63) is 30.6 Å². The number of hydrogen-bond acceptors (Lipinski definition) is 6. The van der Waals surface area contributed by atoms with Crippen molar-refractivity contribution in [2.75, 3.05) is 19.6 Å². The fraction of sp³-hybridized carbons (Fsp3) is 0.438. The summed E-state index contributed by atoms with van der Waals surface area (Å²) in [5.41, 5.74) is 0. The molecule has 0 unspecified atom stereocenters. The van der Waals surface area contributed by atoms with Crippen molar-refractivity contribution in [1.29, 1.82) is 0 Å². The molecule has 0 bridgehead atoms. The van der Waals surface area contributed by atoms with Crippen molar-refractivity contribution in [1.82, 2.24) is 30.2 Å². The number of carbonyl (C=O) groups excluding carboxylic acids is 2. The molecule has 1 saturated heterocycles. The van der Waals surface area contributed by atoms with Crippen LogP contribution in [0.3, 0.4) is 0 Å². The molecule has 2 amide bonds. The van der Waals surface area contributed by atoms with Crippen LogP contribution < -0.4 is 10.1 Å².